The van der Waals surface area contributed by atoms with Gasteiger partial charge in [-0.1, -0.05) is 0 Å². The predicted octanol–water partition coefficient (Wildman–Crippen LogP) is 3.20. The fourth-order valence-corrected chi connectivity index (χ4v) is 2.02. The van der Waals surface area contributed by atoms with Gasteiger partial charge in [0.2, 0.25) is 5.91 Å². The summed E-state index contributed by atoms with van der Waals surface area (Å²) in [6.45, 7) is 1.62. The van der Waals surface area contributed by atoms with E-state index in [4.69, 9.17) is 5.26 Å². The van der Waals surface area contributed by atoms with Gasteiger partial charge in [0, 0.05) is 17.6 Å². The van der Waals surface area contributed by atoms with Crippen LogP contribution in [0.4, 0.5) is 18.9 Å². The van der Waals surface area contributed by atoms with Crippen LogP contribution in [0.25, 0.3) is 0 Å². The van der Waals surface area contributed by atoms with E-state index in [2.05, 4.69) is 15.4 Å². The maximum atomic E-state index is 12.1. The Morgan fingerprint density at radius 3 is 2.57 bits per heavy atom. The summed E-state index contributed by atoms with van der Waals surface area (Å²) in [5.74, 6) is -0.565. The van der Waals surface area contributed by atoms with Crippen molar-refractivity contribution in [1.82, 2.24) is 5.32 Å². The molecule has 5 nitrogen and oxygen atoms in total. The second kappa shape index (κ2) is 6.44. The Labute approximate surface area is 130 Å². The number of nitrogens with one attached hydrogen (secondary N) is 2. The van der Waals surface area contributed by atoms with Crippen molar-refractivity contribution in [2.45, 2.75) is 19.7 Å². The molecule has 1 aliphatic heterocycles. The Bertz CT molecular complexity index is 713. The Morgan fingerprint density at radius 2 is 2.00 bits per heavy atom. The molecule has 1 aromatic carbocycles. The summed E-state index contributed by atoms with van der Waals surface area (Å²) in [7, 11) is 0. The largest absolute Gasteiger partial charge is 0.573 e. The van der Waals surface area contributed by atoms with Crippen molar-refractivity contribution in [3.63, 3.8) is 0 Å². The van der Waals surface area contributed by atoms with Crippen LogP contribution in [0.2, 0.25) is 0 Å². The smallest absolute Gasteiger partial charge is 0.406 e. The second-order valence-corrected chi connectivity index (χ2v) is 4.72. The number of carbonyl (C=O) groups excluding carboxylic acids is 1. The molecule has 8 heteroatoms. The highest BCUT2D eigenvalue weighted by Crippen LogP contribution is 2.25. The number of nitriles is 1. The molecule has 2 N–H and O–H groups in total. The molecule has 0 unspecified atom stereocenters. The Morgan fingerprint density at radius 1 is 1.35 bits per heavy atom. The minimum atomic E-state index is -4.74. The molecule has 0 radical (unpaired) electrons. The first kappa shape index (κ1) is 16.4. The van der Waals surface area contributed by atoms with Crippen LogP contribution in [0.3, 0.4) is 0 Å². The molecule has 0 aliphatic carbocycles. The van der Waals surface area contributed by atoms with E-state index >= 15 is 0 Å². The predicted molar refractivity (Wildman–Crippen MR) is 75.9 cm³/mol. The zero-order valence-electron chi connectivity index (χ0n) is 12.0. The zero-order valence-corrected chi connectivity index (χ0v) is 12.0. The van der Waals surface area contributed by atoms with Crippen LogP contribution in [0, 0.1) is 11.3 Å². The molecule has 2 rings (SSSR count). The molecule has 0 fully saturated rings. The van der Waals surface area contributed by atoms with Crippen molar-refractivity contribution >= 4 is 11.6 Å². The Balaban J connectivity index is 2.12. The summed E-state index contributed by atoms with van der Waals surface area (Å²) in [6, 6.07) is 7.11. The number of nitrogens with zero attached hydrogens (tertiary/aromatic N) is 1. The van der Waals surface area contributed by atoms with Crippen molar-refractivity contribution in [2.75, 3.05) is 5.32 Å². The maximum Gasteiger partial charge on any atom is 0.573 e. The summed E-state index contributed by atoms with van der Waals surface area (Å²) >= 11 is 0. The van der Waals surface area contributed by atoms with E-state index in [1.165, 1.54) is 18.3 Å². The van der Waals surface area contributed by atoms with Crippen molar-refractivity contribution in [2.24, 2.45) is 0 Å². The van der Waals surface area contributed by atoms with E-state index in [1.54, 1.807) is 6.92 Å². The van der Waals surface area contributed by atoms with Crippen LogP contribution in [0.15, 0.2) is 47.3 Å². The van der Waals surface area contributed by atoms with Crippen molar-refractivity contribution < 1.29 is 22.7 Å². The quantitative estimate of drug-likeness (QED) is 0.896. The van der Waals surface area contributed by atoms with Crippen LogP contribution >= 0.6 is 0 Å². The first-order valence-corrected chi connectivity index (χ1v) is 6.51. The van der Waals surface area contributed by atoms with Gasteiger partial charge in [0.15, 0.2) is 0 Å². The molecule has 1 amide bonds. The molecular weight excluding hydrogens is 311 g/mol. The Hall–Kier alpha value is -2.95. The fourth-order valence-electron chi connectivity index (χ4n) is 2.02. The van der Waals surface area contributed by atoms with Gasteiger partial charge in [0.25, 0.3) is 0 Å². The average Bonchev–Trinajstić information content (AvgIpc) is 2.44. The number of rotatable bonds is 3. The summed E-state index contributed by atoms with van der Waals surface area (Å²) < 4.78 is 40.0. The lowest BCUT2D eigenvalue weighted by atomic mass is 9.99. The van der Waals surface area contributed by atoms with Gasteiger partial charge in [-0.3, -0.25) is 4.79 Å². The van der Waals surface area contributed by atoms with Crippen molar-refractivity contribution in [1.29, 1.82) is 5.26 Å². The van der Waals surface area contributed by atoms with Gasteiger partial charge in [-0.05, 0) is 36.8 Å². The number of carbonyl (C=O) groups is 1. The molecule has 0 saturated carbocycles. The average molecular weight is 323 g/mol. The Kier molecular flexibility index (Phi) is 4.60. The summed E-state index contributed by atoms with van der Waals surface area (Å²) in [4.78, 5) is 11.5. The highest BCUT2D eigenvalue weighted by molar-refractivity contribution is 5.85. The number of anilines is 1. The monoisotopic (exact) mass is 323 g/mol. The third-order valence-electron chi connectivity index (χ3n) is 2.99. The van der Waals surface area contributed by atoms with Crippen molar-refractivity contribution in [3.05, 3.63) is 47.3 Å². The minimum absolute atomic E-state index is 0.0441. The number of halogens is 3. The highest BCUT2D eigenvalue weighted by Gasteiger charge is 2.30. The van der Waals surface area contributed by atoms with Gasteiger partial charge in [-0.25, -0.2) is 0 Å². The van der Waals surface area contributed by atoms with Gasteiger partial charge in [0.1, 0.15) is 11.8 Å². The first-order chi connectivity index (χ1) is 10.8. The van der Waals surface area contributed by atoms with Gasteiger partial charge in [0.05, 0.1) is 12.0 Å². The number of hydrogen-bond donors (Lipinski definition) is 2. The molecular formula is C15H12F3N3O2. The zero-order chi connectivity index (χ0) is 17.0. The number of alkyl halides is 3. The fraction of sp³-hybridized carbons (Fsp3) is 0.200. The standard InChI is InChI=1S/C15H12F3N3O2/c1-9-13(7-19)10(6-14(22)21-9)8-20-11-2-4-12(5-3-11)23-15(16,17)18/h2-5,8,20H,6H2,1H3,(H,21,22)/b10-8-. The molecule has 0 bridgehead atoms. The number of allylic oxidation sites excluding steroid dienone is 2. The van der Waals surface area contributed by atoms with E-state index in [0.29, 0.717) is 22.5 Å². The second-order valence-electron chi connectivity index (χ2n) is 4.72. The topological polar surface area (TPSA) is 74.1 Å². The van der Waals surface area contributed by atoms with E-state index in [0.717, 1.165) is 12.1 Å². The van der Waals surface area contributed by atoms with Crippen molar-refractivity contribution in [3.8, 4) is 11.8 Å². The SMILES string of the molecule is CC1=C(C#N)/C(=C\Nc2ccc(OC(F)(F)F)cc2)CC(=O)N1. The maximum absolute atomic E-state index is 12.1. The molecule has 120 valence electrons. The van der Waals surface area contributed by atoms with Crippen LogP contribution in [-0.2, 0) is 4.79 Å². The molecule has 0 saturated heterocycles. The number of benzene rings is 1. The molecule has 0 spiro atoms. The first-order valence-electron chi connectivity index (χ1n) is 6.51. The van der Waals surface area contributed by atoms with Gasteiger partial charge >= 0.3 is 6.36 Å². The van der Waals surface area contributed by atoms with Crippen LogP contribution in [-0.4, -0.2) is 12.3 Å². The van der Waals surface area contributed by atoms with E-state index in [9.17, 15) is 18.0 Å². The summed E-state index contributed by atoms with van der Waals surface area (Å²) in [5.41, 5.74) is 1.82. The lowest BCUT2D eigenvalue weighted by molar-refractivity contribution is -0.274. The van der Waals surface area contributed by atoms with Crippen LogP contribution < -0.4 is 15.4 Å². The molecule has 0 aromatic heterocycles. The summed E-state index contributed by atoms with van der Waals surface area (Å²) in [6.07, 6.45) is -3.21. The van der Waals surface area contributed by atoms with Gasteiger partial charge in [-0.2, -0.15) is 5.26 Å². The third kappa shape index (κ3) is 4.51. The number of ether oxygens (including phenoxy) is 1. The molecule has 1 aromatic rings. The van der Waals surface area contributed by atoms with Crippen LogP contribution in [0.1, 0.15) is 13.3 Å². The number of hydrogen-bond acceptors (Lipinski definition) is 4. The molecule has 1 heterocycles. The lowest BCUT2D eigenvalue weighted by Crippen LogP contribution is -2.28. The van der Waals surface area contributed by atoms with E-state index < -0.39 is 6.36 Å². The summed E-state index contributed by atoms with van der Waals surface area (Å²) in [5, 5.41) is 14.5. The molecule has 23 heavy (non-hydrogen) atoms. The van der Waals surface area contributed by atoms with E-state index in [1.807, 2.05) is 6.07 Å². The lowest BCUT2D eigenvalue weighted by Gasteiger charge is -2.17. The molecule has 1 aliphatic rings. The third-order valence-corrected chi connectivity index (χ3v) is 2.99. The highest BCUT2D eigenvalue weighted by atomic mass is 19.4. The number of amides is 1. The van der Waals surface area contributed by atoms with Gasteiger partial charge < -0.3 is 15.4 Å². The minimum Gasteiger partial charge on any atom is -0.406 e. The normalized spacial score (nSPS) is 16.8. The van der Waals surface area contributed by atoms with Gasteiger partial charge in [-0.15, -0.1) is 13.2 Å². The van der Waals surface area contributed by atoms with E-state index in [-0.39, 0.29) is 18.1 Å². The van der Waals surface area contributed by atoms with Crippen LogP contribution in [0.5, 0.6) is 5.75 Å². The molecule has 0 atom stereocenters.